The highest BCUT2D eigenvalue weighted by molar-refractivity contribution is 5.96. The quantitative estimate of drug-likeness (QED) is 0.767. The zero-order valence-electron chi connectivity index (χ0n) is 12.1. The lowest BCUT2D eigenvalue weighted by Gasteiger charge is -2.16. The molecular formula is C14H18N2O5. The monoisotopic (exact) mass is 294 g/mol. The summed E-state index contributed by atoms with van der Waals surface area (Å²) in [7, 11) is 1.43. The summed E-state index contributed by atoms with van der Waals surface area (Å²) in [5, 5.41) is 4.59. The van der Waals surface area contributed by atoms with E-state index in [4.69, 9.17) is 9.47 Å². The Morgan fingerprint density at radius 1 is 1.33 bits per heavy atom. The van der Waals surface area contributed by atoms with Crippen molar-refractivity contribution >= 4 is 18.2 Å². The molecule has 0 spiro atoms. The fourth-order valence-electron chi connectivity index (χ4n) is 1.52. The van der Waals surface area contributed by atoms with Crippen molar-refractivity contribution in [3.8, 4) is 11.5 Å². The van der Waals surface area contributed by atoms with Crippen LogP contribution in [0.5, 0.6) is 11.5 Å². The number of rotatable bonds is 6. The van der Waals surface area contributed by atoms with Crippen molar-refractivity contribution in [2.24, 2.45) is 0 Å². The second-order valence-electron chi connectivity index (χ2n) is 4.14. The number of amides is 3. The lowest BCUT2D eigenvalue weighted by Crippen LogP contribution is -2.45. The van der Waals surface area contributed by atoms with Crippen LogP contribution in [-0.2, 0) is 4.79 Å². The van der Waals surface area contributed by atoms with Crippen LogP contribution >= 0.6 is 0 Å². The lowest BCUT2D eigenvalue weighted by atomic mass is 10.2. The molecule has 21 heavy (non-hydrogen) atoms. The summed E-state index contributed by atoms with van der Waals surface area (Å²) in [5.74, 6) is 0.0568. The fourth-order valence-corrected chi connectivity index (χ4v) is 1.52. The van der Waals surface area contributed by atoms with Gasteiger partial charge in [0.2, 0.25) is 0 Å². The van der Waals surface area contributed by atoms with Crippen LogP contribution in [0.15, 0.2) is 18.2 Å². The average Bonchev–Trinajstić information content (AvgIpc) is 2.47. The van der Waals surface area contributed by atoms with Crippen molar-refractivity contribution < 1.29 is 23.9 Å². The molecule has 0 heterocycles. The fraction of sp³-hybridized carbons (Fsp3) is 0.357. The van der Waals surface area contributed by atoms with Crippen LogP contribution in [0.2, 0.25) is 0 Å². The average molecular weight is 294 g/mol. The van der Waals surface area contributed by atoms with Crippen LogP contribution in [0.1, 0.15) is 24.2 Å². The molecule has 0 radical (unpaired) electrons. The molecule has 0 fully saturated rings. The highest BCUT2D eigenvalue weighted by atomic mass is 16.5. The van der Waals surface area contributed by atoms with E-state index in [1.165, 1.54) is 26.2 Å². The van der Waals surface area contributed by atoms with E-state index in [9.17, 15) is 14.4 Å². The third-order valence-corrected chi connectivity index (χ3v) is 2.57. The highest BCUT2D eigenvalue weighted by Gasteiger charge is 2.19. The van der Waals surface area contributed by atoms with E-state index in [1.807, 2.05) is 0 Å². The van der Waals surface area contributed by atoms with Crippen LogP contribution < -0.4 is 20.1 Å². The molecule has 1 atom stereocenters. The van der Waals surface area contributed by atoms with Crippen LogP contribution in [-0.4, -0.2) is 38.0 Å². The lowest BCUT2D eigenvalue weighted by molar-refractivity contribution is -0.126. The molecule has 1 aromatic carbocycles. The van der Waals surface area contributed by atoms with Gasteiger partial charge in [-0.3, -0.25) is 14.9 Å². The first-order valence-electron chi connectivity index (χ1n) is 6.40. The molecule has 0 aliphatic rings. The van der Waals surface area contributed by atoms with Crippen LogP contribution in [0.25, 0.3) is 0 Å². The van der Waals surface area contributed by atoms with Gasteiger partial charge in [-0.1, -0.05) is 0 Å². The van der Waals surface area contributed by atoms with Gasteiger partial charge < -0.3 is 14.8 Å². The van der Waals surface area contributed by atoms with E-state index in [0.29, 0.717) is 29.9 Å². The Morgan fingerprint density at radius 2 is 2.05 bits per heavy atom. The molecule has 0 aliphatic heterocycles. The Hall–Kier alpha value is -2.57. The first-order valence-corrected chi connectivity index (χ1v) is 6.40. The zero-order valence-corrected chi connectivity index (χ0v) is 12.1. The van der Waals surface area contributed by atoms with E-state index in [2.05, 4.69) is 10.6 Å². The van der Waals surface area contributed by atoms with E-state index in [1.54, 1.807) is 13.0 Å². The summed E-state index contributed by atoms with van der Waals surface area (Å²) in [5.41, 5.74) is 0.429. The molecule has 0 bridgehead atoms. The summed E-state index contributed by atoms with van der Waals surface area (Å²) in [6.45, 7) is 3.65. The van der Waals surface area contributed by atoms with Gasteiger partial charge in [0.05, 0.1) is 7.11 Å². The zero-order chi connectivity index (χ0) is 15.8. The Bertz CT molecular complexity index is 530. The molecule has 7 nitrogen and oxygen atoms in total. The first-order chi connectivity index (χ1) is 10.0. The number of hydrogen-bond donors (Lipinski definition) is 2. The standard InChI is InChI=1S/C14H18N2O5/c1-4-15-14(19)16-13(18)9(2)21-11-6-5-10(8-17)7-12(11)20-3/h5-9H,4H2,1-3H3,(H2,15,16,18,19). The van der Waals surface area contributed by atoms with Crippen molar-refractivity contribution in [2.45, 2.75) is 20.0 Å². The number of carbonyl (C=O) groups excluding carboxylic acids is 3. The third kappa shape index (κ3) is 4.79. The molecule has 0 saturated heterocycles. The van der Waals surface area contributed by atoms with Gasteiger partial charge in [0.25, 0.3) is 5.91 Å². The topological polar surface area (TPSA) is 93.7 Å². The van der Waals surface area contributed by atoms with Gasteiger partial charge >= 0.3 is 6.03 Å². The largest absolute Gasteiger partial charge is 0.493 e. The van der Waals surface area contributed by atoms with Gasteiger partial charge in [0.1, 0.15) is 6.29 Å². The van der Waals surface area contributed by atoms with E-state index >= 15 is 0 Å². The van der Waals surface area contributed by atoms with Crippen molar-refractivity contribution in [1.29, 1.82) is 0 Å². The molecule has 2 N–H and O–H groups in total. The number of ether oxygens (including phenoxy) is 2. The Morgan fingerprint density at radius 3 is 2.62 bits per heavy atom. The van der Waals surface area contributed by atoms with Crippen molar-refractivity contribution in [1.82, 2.24) is 10.6 Å². The Balaban J connectivity index is 2.73. The first kappa shape index (κ1) is 16.5. The predicted molar refractivity (Wildman–Crippen MR) is 75.7 cm³/mol. The number of urea groups is 1. The van der Waals surface area contributed by atoms with E-state index in [0.717, 1.165) is 0 Å². The SMILES string of the molecule is CCNC(=O)NC(=O)C(C)Oc1ccc(C=O)cc1OC. The van der Waals surface area contributed by atoms with Gasteiger partial charge in [0.15, 0.2) is 17.6 Å². The minimum atomic E-state index is -0.899. The minimum Gasteiger partial charge on any atom is -0.493 e. The minimum absolute atomic E-state index is 0.307. The van der Waals surface area contributed by atoms with Gasteiger partial charge in [0, 0.05) is 12.1 Å². The maximum Gasteiger partial charge on any atom is 0.321 e. The maximum atomic E-state index is 11.8. The summed E-state index contributed by atoms with van der Waals surface area (Å²) < 4.78 is 10.5. The molecule has 0 aliphatic carbocycles. The van der Waals surface area contributed by atoms with E-state index < -0.39 is 18.0 Å². The number of imide groups is 1. The molecule has 1 rings (SSSR count). The van der Waals surface area contributed by atoms with Crippen LogP contribution in [0, 0.1) is 0 Å². The molecule has 114 valence electrons. The number of methoxy groups -OCH3 is 1. The molecule has 1 aromatic rings. The van der Waals surface area contributed by atoms with Gasteiger partial charge in [-0.15, -0.1) is 0 Å². The molecular weight excluding hydrogens is 276 g/mol. The predicted octanol–water partition coefficient (Wildman–Crippen LogP) is 1.12. The number of aldehydes is 1. The van der Waals surface area contributed by atoms with Crippen LogP contribution in [0.4, 0.5) is 4.79 Å². The normalized spacial score (nSPS) is 11.2. The summed E-state index contributed by atoms with van der Waals surface area (Å²) in [6.07, 6.45) is -0.221. The van der Waals surface area contributed by atoms with E-state index in [-0.39, 0.29) is 0 Å². The van der Waals surface area contributed by atoms with Crippen molar-refractivity contribution in [3.63, 3.8) is 0 Å². The van der Waals surface area contributed by atoms with Gasteiger partial charge in [-0.25, -0.2) is 4.79 Å². The Labute approximate surface area is 122 Å². The van der Waals surface area contributed by atoms with Crippen LogP contribution in [0.3, 0.4) is 0 Å². The number of carbonyl (C=O) groups is 3. The van der Waals surface area contributed by atoms with Crippen molar-refractivity contribution in [2.75, 3.05) is 13.7 Å². The molecule has 0 aromatic heterocycles. The third-order valence-electron chi connectivity index (χ3n) is 2.57. The van der Waals surface area contributed by atoms with Gasteiger partial charge in [-0.2, -0.15) is 0 Å². The molecule has 3 amide bonds. The smallest absolute Gasteiger partial charge is 0.321 e. The summed E-state index contributed by atoms with van der Waals surface area (Å²) >= 11 is 0. The van der Waals surface area contributed by atoms with Crippen molar-refractivity contribution in [3.05, 3.63) is 23.8 Å². The second-order valence-corrected chi connectivity index (χ2v) is 4.14. The second kappa shape index (κ2) is 7.88. The summed E-state index contributed by atoms with van der Waals surface area (Å²) in [6, 6.07) is 3.98. The molecule has 0 saturated carbocycles. The maximum absolute atomic E-state index is 11.8. The highest BCUT2D eigenvalue weighted by Crippen LogP contribution is 2.28. The number of nitrogens with one attached hydrogen (secondary N) is 2. The number of hydrogen-bond acceptors (Lipinski definition) is 5. The molecule has 1 unspecified atom stereocenters. The molecule has 7 heteroatoms. The Kier molecular flexibility index (Phi) is 6.19. The van der Waals surface area contributed by atoms with Gasteiger partial charge in [-0.05, 0) is 32.0 Å². The number of benzene rings is 1. The summed E-state index contributed by atoms with van der Waals surface area (Å²) in [4.78, 5) is 33.7.